The Kier molecular flexibility index (Phi) is 4.49. The highest BCUT2D eigenvalue weighted by Crippen LogP contribution is 2.34. The third-order valence-corrected chi connectivity index (χ3v) is 3.67. The summed E-state index contributed by atoms with van der Waals surface area (Å²) in [5.41, 5.74) is 2.37. The van der Waals surface area contributed by atoms with Crippen LogP contribution in [0.25, 0.3) is 0 Å². The van der Waals surface area contributed by atoms with Crippen LogP contribution in [0.4, 0.5) is 4.48 Å². The monoisotopic (exact) mass is 251 g/mol. The highest BCUT2D eigenvalue weighted by Gasteiger charge is 2.39. The molecule has 1 amide bonds. The van der Waals surface area contributed by atoms with Crippen LogP contribution in [0.5, 0.6) is 0 Å². The number of hydrogen-bond acceptors (Lipinski definition) is 1. The van der Waals surface area contributed by atoms with Gasteiger partial charge >= 0.3 is 0 Å². The van der Waals surface area contributed by atoms with Crippen molar-refractivity contribution >= 4 is 5.91 Å². The summed E-state index contributed by atoms with van der Waals surface area (Å²) in [6, 6.07) is 6.03. The van der Waals surface area contributed by atoms with Crippen LogP contribution in [0, 0.1) is 13.8 Å². The van der Waals surface area contributed by atoms with E-state index in [0.717, 1.165) is 16.7 Å². The minimum atomic E-state index is -0.750. The molecule has 0 saturated carbocycles. The van der Waals surface area contributed by atoms with Crippen LogP contribution < -0.4 is 0 Å². The number of nitrogens with zero attached hydrogens (tertiary/aromatic N) is 1. The predicted octanol–water partition coefficient (Wildman–Crippen LogP) is 3.70. The van der Waals surface area contributed by atoms with Gasteiger partial charge in [0.1, 0.15) is 0 Å². The molecule has 1 aromatic carbocycles. The molecule has 0 saturated heterocycles. The summed E-state index contributed by atoms with van der Waals surface area (Å²) in [6.45, 7) is 7.86. The van der Waals surface area contributed by atoms with Crippen molar-refractivity contribution in [2.75, 3.05) is 7.05 Å². The van der Waals surface area contributed by atoms with Crippen LogP contribution in [0.3, 0.4) is 0 Å². The highest BCUT2D eigenvalue weighted by atomic mass is 19.2. The molecule has 2 nitrogen and oxygen atoms in total. The summed E-state index contributed by atoms with van der Waals surface area (Å²) in [5.74, 6) is -0.461. The Balaban J connectivity index is 3.39. The van der Waals surface area contributed by atoms with Crippen LogP contribution in [-0.4, -0.2) is 18.1 Å². The van der Waals surface area contributed by atoms with Crippen molar-refractivity contribution in [2.24, 2.45) is 0 Å². The van der Waals surface area contributed by atoms with E-state index in [4.69, 9.17) is 0 Å². The quantitative estimate of drug-likeness (QED) is 0.747. The molecule has 0 heterocycles. The van der Waals surface area contributed by atoms with E-state index in [2.05, 4.69) is 6.07 Å². The summed E-state index contributed by atoms with van der Waals surface area (Å²) in [4.78, 5) is 12.2. The van der Waals surface area contributed by atoms with E-state index < -0.39 is 11.3 Å². The average Bonchev–Trinajstić information content (AvgIpc) is 2.29. The summed E-state index contributed by atoms with van der Waals surface area (Å²) in [5, 5.41) is 0.213. The normalized spacial score (nSPS) is 11.4. The molecule has 0 atom stereocenters. The second-order valence-corrected chi connectivity index (χ2v) is 4.95. The molecular weight excluding hydrogens is 229 g/mol. The Morgan fingerprint density at radius 3 is 1.94 bits per heavy atom. The zero-order chi connectivity index (χ0) is 13.9. The van der Waals surface area contributed by atoms with E-state index >= 15 is 0 Å². The Hall–Kier alpha value is -1.38. The standard InChI is InChI=1S/C15H22FNO/c1-6-15(7-2,14(18)17(5)16)13-9-11(3)8-12(4)10-13/h8-10H,6-7H2,1-5H3. The van der Waals surface area contributed by atoms with Gasteiger partial charge in [-0.25, -0.2) is 0 Å². The molecule has 0 N–H and O–H groups in total. The number of likely N-dealkylation sites (N-methyl/N-ethyl adjacent to an activating group) is 1. The molecule has 1 rings (SSSR count). The minimum absolute atomic E-state index is 0.213. The van der Waals surface area contributed by atoms with Crippen molar-refractivity contribution in [3.05, 3.63) is 34.9 Å². The Labute approximate surface area is 109 Å². The Bertz CT molecular complexity index is 416. The number of benzene rings is 1. The SMILES string of the molecule is CCC(CC)(C(=O)N(C)F)c1cc(C)cc(C)c1. The third kappa shape index (κ3) is 2.55. The molecule has 3 heteroatoms. The van der Waals surface area contributed by atoms with Crippen molar-refractivity contribution in [1.82, 2.24) is 5.12 Å². The predicted molar refractivity (Wildman–Crippen MR) is 72.1 cm³/mol. The van der Waals surface area contributed by atoms with Gasteiger partial charge in [0, 0.05) is 7.05 Å². The number of amides is 1. The van der Waals surface area contributed by atoms with Gasteiger partial charge in [-0.05, 0) is 32.3 Å². The summed E-state index contributed by atoms with van der Waals surface area (Å²) in [7, 11) is 1.17. The molecule has 0 spiro atoms. The van der Waals surface area contributed by atoms with Gasteiger partial charge in [-0.2, -0.15) is 5.12 Å². The van der Waals surface area contributed by atoms with E-state index in [-0.39, 0.29) is 5.12 Å². The van der Waals surface area contributed by atoms with E-state index in [9.17, 15) is 9.28 Å². The lowest BCUT2D eigenvalue weighted by molar-refractivity contribution is -0.150. The van der Waals surface area contributed by atoms with Gasteiger partial charge in [-0.15, -0.1) is 0 Å². The lowest BCUT2D eigenvalue weighted by Crippen LogP contribution is -2.41. The van der Waals surface area contributed by atoms with Gasteiger partial charge in [0.05, 0.1) is 5.41 Å². The van der Waals surface area contributed by atoms with Gasteiger partial charge in [0.15, 0.2) is 0 Å². The smallest absolute Gasteiger partial charge is 0.260 e. The molecule has 18 heavy (non-hydrogen) atoms. The molecule has 0 aliphatic rings. The van der Waals surface area contributed by atoms with Crippen LogP contribution >= 0.6 is 0 Å². The van der Waals surface area contributed by atoms with E-state index in [1.807, 2.05) is 39.8 Å². The minimum Gasteiger partial charge on any atom is -0.271 e. The maximum atomic E-state index is 13.3. The lowest BCUT2D eigenvalue weighted by atomic mass is 9.74. The van der Waals surface area contributed by atoms with Crippen molar-refractivity contribution in [1.29, 1.82) is 0 Å². The van der Waals surface area contributed by atoms with Gasteiger partial charge in [-0.3, -0.25) is 4.79 Å². The van der Waals surface area contributed by atoms with Crippen LogP contribution in [0.2, 0.25) is 0 Å². The first-order valence-corrected chi connectivity index (χ1v) is 6.40. The summed E-state index contributed by atoms with van der Waals surface area (Å²) >= 11 is 0. The molecule has 0 bridgehead atoms. The molecule has 0 fully saturated rings. The second-order valence-electron chi connectivity index (χ2n) is 4.95. The highest BCUT2D eigenvalue weighted by molar-refractivity contribution is 5.87. The molecule has 0 radical (unpaired) electrons. The molecule has 100 valence electrons. The fraction of sp³-hybridized carbons (Fsp3) is 0.533. The van der Waals surface area contributed by atoms with Crippen LogP contribution in [0.15, 0.2) is 18.2 Å². The zero-order valence-corrected chi connectivity index (χ0v) is 11.9. The molecule has 1 aromatic rings. The van der Waals surface area contributed by atoms with Crippen LogP contribution in [0.1, 0.15) is 43.4 Å². The van der Waals surface area contributed by atoms with E-state index in [1.54, 1.807) is 0 Å². The zero-order valence-electron chi connectivity index (χ0n) is 11.9. The lowest BCUT2D eigenvalue weighted by Gasteiger charge is -2.32. The van der Waals surface area contributed by atoms with Crippen LogP contribution in [-0.2, 0) is 10.2 Å². The van der Waals surface area contributed by atoms with E-state index in [0.29, 0.717) is 12.8 Å². The van der Waals surface area contributed by atoms with E-state index in [1.165, 1.54) is 7.05 Å². The maximum absolute atomic E-state index is 13.3. The summed E-state index contributed by atoms with van der Waals surface area (Å²) < 4.78 is 13.3. The Morgan fingerprint density at radius 1 is 1.17 bits per heavy atom. The van der Waals surface area contributed by atoms with Gasteiger partial charge in [0.2, 0.25) is 0 Å². The van der Waals surface area contributed by atoms with Crippen molar-refractivity contribution in [3.8, 4) is 0 Å². The van der Waals surface area contributed by atoms with Crippen molar-refractivity contribution in [3.63, 3.8) is 0 Å². The molecule has 0 aromatic heterocycles. The first kappa shape index (κ1) is 14.7. The first-order chi connectivity index (χ1) is 8.37. The van der Waals surface area contributed by atoms with Crippen molar-refractivity contribution < 1.29 is 9.28 Å². The van der Waals surface area contributed by atoms with Gasteiger partial charge in [-0.1, -0.05) is 47.7 Å². The Morgan fingerprint density at radius 2 is 1.61 bits per heavy atom. The largest absolute Gasteiger partial charge is 0.271 e. The molecule has 0 unspecified atom stereocenters. The molecule has 0 aliphatic carbocycles. The number of rotatable bonds is 4. The maximum Gasteiger partial charge on any atom is 0.260 e. The average molecular weight is 251 g/mol. The van der Waals surface area contributed by atoms with Gasteiger partial charge < -0.3 is 0 Å². The van der Waals surface area contributed by atoms with Crippen molar-refractivity contribution in [2.45, 2.75) is 46.0 Å². The number of hydrogen-bond donors (Lipinski definition) is 0. The van der Waals surface area contributed by atoms with Gasteiger partial charge in [0.25, 0.3) is 5.91 Å². The number of aryl methyl sites for hydroxylation is 2. The topological polar surface area (TPSA) is 20.3 Å². The fourth-order valence-corrected chi connectivity index (χ4v) is 2.63. The second kappa shape index (κ2) is 5.51. The number of halogens is 1. The summed E-state index contributed by atoms with van der Waals surface area (Å²) in [6.07, 6.45) is 1.19. The number of carbonyl (C=O) groups excluding carboxylic acids is 1. The fourth-order valence-electron chi connectivity index (χ4n) is 2.63. The molecule has 0 aliphatic heterocycles. The number of carbonyl (C=O) groups is 1. The third-order valence-electron chi connectivity index (χ3n) is 3.67. The first-order valence-electron chi connectivity index (χ1n) is 6.40. The molecular formula is C15H22FNO.